The average molecular weight is 302 g/mol. The fraction of sp³-hybridized carbons (Fsp3) is 0.643. The van der Waals surface area contributed by atoms with E-state index in [9.17, 15) is 13.2 Å². The lowest BCUT2D eigenvalue weighted by molar-refractivity contribution is -0.146. The molecule has 0 bridgehead atoms. The minimum absolute atomic E-state index is 0.232. The van der Waals surface area contributed by atoms with Crippen molar-refractivity contribution in [3.8, 4) is 0 Å². The number of anilines is 1. The third-order valence-corrected chi connectivity index (χ3v) is 3.80. The molecule has 2 heterocycles. The Labute approximate surface area is 122 Å². The maximum atomic E-state index is 12.3. The predicted octanol–water partition coefficient (Wildman–Crippen LogP) is 2.05. The van der Waals surface area contributed by atoms with Crippen LogP contribution < -0.4 is 10.2 Å². The second kappa shape index (κ2) is 6.62. The summed E-state index contributed by atoms with van der Waals surface area (Å²) in [6.07, 6.45) is -2.30. The van der Waals surface area contributed by atoms with Crippen molar-refractivity contribution in [1.29, 1.82) is 0 Å². The van der Waals surface area contributed by atoms with Crippen LogP contribution in [0, 0.1) is 0 Å². The molecule has 1 aliphatic rings. The Kier molecular flexibility index (Phi) is 5.05. The van der Waals surface area contributed by atoms with E-state index in [1.165, 1.54) is 4.90 Å². The van der Waals surface area contributed by atoms with Crippen LogP contribution in [0.2, 0.25) is 0 Å². The number of rotatable bonds is 4. The van der Waals surface area contributed by atoms with Gasteiger partial charge in [0.05, 0.1) is 6.54 Å². The zero-order valence-electron chi connectivity index (χ0n) is 12.3. The largest absolute Gasteiger partial charge is 0.401 e. The van der Waals surface area contributed by atoms with Crippen LogP contribution in [0.25, 0.3) is 0 Å². The maximum absolute atomic E-state index is 12.3. The van der Waals surface area contributed by atoms with Crippen molar-refractivity contribution in [2.45, 2.75) is 19.1 Å². The Hall–Kier alpha value is -1.34. The van der Waals surface area contributed by atoms with Gasteiger partial charge in [-0.3, -0.25) is 4.90 Å². The van der Waals surface area contributed by atoms with Crippen LogP contribution in [0.15, 0.2) is 18.3 Å². The lowest BCUT2D eigenvalue weighted by atomic mass is 10.1. The molecule has 4 nitrogen and oxygen atoms in total. The number of pyridine rings is 1. The fourth-order valence-electron chi connectivity index (χ4n) is 2.40. The van der Waals surface area contributed by atoms with Gasteiger partial charge in [-0.05, 0) is 25.6 Å². The quantitative estimate of drug-likeness (QED) is 0.922. The third kappa shape index (κ3) is 4.57. The van der Waals surface area contributed by atoms with E-state index in [2.05, 4.69) is 10.3 Å². The van der Waals surface area contributed by atoms with Gasteiger partial charge in [0.25, 0.3) is 0 Å². The van der Waals surface area contributed by atoms with Gasteiger partial charge in [-0.1, -0.05) is 6.07 Å². The molecule has 21 heavy (non-hydrogen) atoms. The van der Waals surface area contributed by atoms with E-state index in [1.807, 2.05) is 37.2 Å². The molecular weight excluding hydrogens is 281 g/mol. The van der Waals surface area contributed by atoms with Crippen LogP contribution in [0.4, 0.5) is 19.0 Å². The number of nitrogens with one attached hydrogen (secondary N) is 1. The molecular formula is C14H21F3N4. The molecule has 1 atom stereocenters. The van der Waals surface area contributed by atoms with Gasteiger partial charge in [-0.25, -0.2) is 4.98 Å². The Balaban J connectivity index is 1.90. The van der Waals surface area contributed by atoms with Gasteiger partial charge in [0.15, 0.2) is 0 Å². The first-order chi connectivity index (χ1) is 9.89. The van der Waals surface area contributed by atoms with Crippen molar-refractivity contribution in [2.24, 2.45) is 0 Å². The van der Waals surface area contributed by atoms with E-state index in [0.29, 0.717) is 26.2 Å². The van der Waals surface area contributed by atoms with Crippen molar-refractivity contribution in [1.82, 2.24) is 15.2 Å². The minimum atomic E-state index is -4.12. The van der Waals surface area contributed by atoms with Gasteiger partial charge in [-0.2, -0.15) is 13.2 Å². The second-order valence-electron chi connectivity index (χ2n) is 5.34. The normalized spacial score (nSPS) is 18.8. The number of alkyl halides is 3. The zero-order valence-corrected chi connectivity index (χ0v) is 12.3. The van der Waals surface area contributed by atoms with Gasteiger partial charge in [0, 0.05) is 38.4 Å². The zero-order chi connectivity index (χ0) is 15.5. The highest BCUT2D eigenvalue weighted by Crippen LogP contribution is 2.20. The summed E-state index contributed by atoms with van der Waals surface area (Å²) in [5.41, 5.74) is 1.09. The Bertz CT molecular complexity index is 439. The molecule has 1 saturated heterocycles. The van der Waals surface area contributed by atoms with E-state index in [0.717, 1.165) is 11.4 Å². The highest BCUT2D eigenvalue weighted by molar-refractivity contribution is 5.40. The summed E-state index contributed by atoms with van der Waals surface area (Å²) in [5.74, 6) is 0.828. The van der Waals surface area contributed by atoms with Crippen molar-refractivity contribution in [2.75, 3.05) is 44.7 Å². The Morgan fingerprint density at radius 2 is 1.90 bits per heavy atom. The summed E-state index contributed by atoms with van der Waals surface area (Å²) in [6.45, 7) is 3.19. The molecule has 0 aliphatic carbocycles. The van der Waals surface area contributed by atoms with Gasteiger partial charge in [-0.15, -0.1) is 0 Å². The molecule has 7 heteroatoms. The molecule has 0 radical (unpaired) electrons. The van der Waals surface area contributed by atoms with E-state index in [-0.39, 0.29) is 6.04 Å². The molecule has 1 unspecified atom stereocenters. The summed E-state index contributed by atoms with van der Waals surface area (Å²) in [5, 5.41) is 3.14. The SMILES string of the molecule is CNC(C)c1ccc(N2CCN(CC(F)(F)F)CC2)nc1. The van der Waals surface area contributed by atoms with Crippen LogP contribution in [0.5, 0.6) is 0 Å². The van der Waals surface area contributed by atoms with Crippen LogP contribution in [0.3, 0.4) is 0 Å². The fourth-order valence-corrected chi connectivity index (χ4v) is 2.40. The molecule has 1 fully saturated rings. The smallest absolute Gasteiger partial charge is 0.354 e. The number of nitrogens with zero attached hydrogens (tertiary/aromatic N) is 3. The summed E-state index contributed by atoms with van der Waals surface area (Å²) in [7, 11) is 1.89. The molecule has 0 saturated carbocycles. The highest BCUT2D eigenvalue weighted by Gasteiger charge is 2.32. The van der Waals surface area contributed by atoms with Crippen molar-refractivity contribution in [3.05, 3.63) is 23.9 Å². The van der Waals surface area contributed by atoms with Crippen LogP contribution in [-0.2, 0) is 0 Å². The highest BCUT2D eigenvalue weighted by atomic mass is 19.4. The number of aromatic nitrogens is 1. The Morgan fingerprint density at radius 3 is 2.38 bits per heavy atom. The van der Waals surface area contributed by atoms with Gasteiger partial charge in [0.2, 0.25) is 0 Å². The molecule has 1 N–H and O–H groups in total. The van der Waals surface area contributed by atoms with Crippen LogP contribution in [0.1, 0.15) is 18.5 Å². The van der Waals surface area contributed by atoms with Crippen molar-refractivity contribution in [3.63, 3.8) is 0 Å². The van der Waals surface area contributed by atoms with E-state index >= 15 is 0 Å². The van der Waals surface area contributed by atoms with Crippen LogP contribution in [-0.4, -0.2) is 55.8 Å². The number of hydrogen-bond acceptors (Lipinski definition) is 4. The third-order valence-electron chi connectivity index (χ3n) is 3.80. The molecule has 118 valence electrons. The van der Waals surface area contributed by atoms with E-state index in [4.69, 9.17) is 0 Å². The van der Waals surface area contributed by atoms with E-state index < -0.39 is 12.7 Å². The standard InChI is InChI=1S/C14H21F3N4/c1-11(18-2)12-3-4-13(19-9-12)21-7-5-20(6-8-21)10-14(15,16)17/h3-4,9,11,18H,5-8,10H2,1-2H3. The lowest BCUT2D eigenvalue weighted by Gasteiger charge is -2.35. The predicted molar refractivity (Wildman–Crippen MR) is 76.4 cm³/mol. The van der Waals surface area contributed by atoms with Crippen LogP contribution >= 0.6 is 0 Å². The maximum Gasteiger partial charge on any atom is 0.401 e. The average Bonchev–Trinajstić information content (AvgIpc) is 2.46. The monoisotopic (exact) mass is 302 g/mol. The summed E-state index contributed by atoms with van der Waals surface area (Å²) < 4.78 is 37.0. The van der Waals surface area contributed by atoms with Gasteiger partial charge < -0.3 is 10.2 Å². The number of halogens is 3. The topological polar surface area (TPSA) is 31.4 Å². The first-order valence-electron chi connectivity index (χ1n) is 7.06. The second-order valence-corrected chi connectivity index (χ2v) is 5.34. The molecule has 0 spiro atoms. The van der Waals surface area contributed by atoms with Gasteiger partial charge in [0.1, 0.15) is 5.82 Å². The molecule has 0 amide bonds. The number of piperazine rings is 1. The summed E-state index contributed by atoms with van der Waals surface area (Å²) in [6, 6.07) is 4.17. The first kappa shape index (κ1) is 16.0. The minimum Gasteiger partial charge on any atom is -0.354 e. The molecule has 1 aromatic rings. The van der Waals surface area contributed by atoms with Crippen molar-refractivity contribution >= 4 is 5.82 Å². The Morgan fingerprint density at radius 1 is 1.24 bits per heavy atom. The van der Waals surface area contributed by atoms with Gasteiger partial charge >= 0.3 is 6.18 Å². The first-order valence-corrected chi connectivity index (χ1v) is 7.06. The van der Waals surface area contributed by atoms with E-state index in [1.54, 1.807) is 0 Å². The molecule has 1 aliphatic heterocycles. The lowest BCUT2D eigenvalue weighted by Crippen LogP contribution is -2.49. The van der Waals surface area contributed by atoms with Crippen molar-refractivity contribution < 1.29 is 13.2 Å². The molecule has 2 rings (SSSR count). The summed E-state index contributed by atoms with van der Waals surface area (Å²) in [4.78, 5) is 7.88. The number of hydrogen-bond donors (Lipinski definition) is 1. The molecule has 0 aromatic carbocycles. The summed E-state index contributed by atoms with van der Waals surface area (Å²) >= 11 is 0. The molecule has 1 aromatic heterocycles.